The van der Waals surface area contributed by atoms with Crippen LogP contribution in [0.4, 0.5) is 0 Å². The summed E-state index contributed by atoms with van der Waals surface area (Å²) >= 11 is 0. The summed E-state index contributed by atoms with van der Waals surface area (Å²) in [6, 6.07) is 6.10. The molecule has 0 radical (unpaired) electrons. The van der Waals surface area contributed by atoms with E-state index in [1.54, 1.807) is 6.92 Å². The number of ketones is 1. The summed E-state index contributed by atoms with van der Waals surface area (Å²) in [6.07, 6.45) is 0. The standard InChI is InChI=1S/C15H12O6/c1-7-5-10(17)13(11(18)6-7)14(19)12-8(15(20)21)3-2-4-9(12)16/h2-6,16-18H,1H3,(H,20,21). The second-order valence-electron chi connectivity index (χ2n) is 4.51. The van der Waals surface area contributed by atoms with Crippen molar-refractivity contribution in [2.75, 3.05) is 0 Å². The molecule has 0 bridgehead atoms. The van der Waals surface area contributed by atoms with Gasteiger partial charge in [0, 0.05) is 0 Å². The number of aromatic hydroxyl groups is 3. The van der Waals surface area contributed by atoms with Crippen LogP contribution in [-0.4, -0.2) is 32.2 Å². The fourth-order valence-electron chi connectivity index (χ4n) is 2.06. The van der Waals surface area contributed by atoms with Crippen LogP contribution < -0.4 is 0 Å². The molecule has 6 nitrogen and oxygen atoms in total. The summed E-state index contributed by atoms with van der Waals surface area (Å²) in [7, 11) is 0. The number of carboxylic acid groups (broad SMARTS) is 1. The number of hydrogen-bond donors (Lipinski definition) is 4. The molecule has 0 aliphatic heterocycles. The Bertz CT molecular complexity index is 725. The fourth-order valence-corrected chi connectivity index (χ4v) is 2.06. The number of carbonyl (C=O) groups excluding carboxylic acids is 1. The van der Waals surface area contributed by atoms with E-state index in [2.05, 4.69) is 0 Å². The average Bonchev–Trinajstić information content (AvgIpc) is 2.36. The predicted molar refractivity (Wildman–Crippen MR) is 73.0 cm³/mol. The summed E-state index contributed by atoms with van der Waals surface area (Å²) < 4.78 is 0. The number of aromatic carboxylic acids is 1. The van der Waals surface area contributed by atoms with Crippen molar-refractivity contribution >= 4 is 11.8 Å². The molecule has 6 heteroatoms. The van der Waals surface area contributed by atoms with Gasteiger partial charge in [0.05, 0.1) is 11.1 Å². The highest BCUT2D eigenvalue weighted by Gasteiger charge is 2.26. The molecule has 4 N–H and O–H groups in total. The van der Waals surface area contributed by atoms with Crippen molar-refractivity contribution in [3.8, 4) is 17.2 Å². The zero-order valence-electron chi connectivity index (χ0n) is 11.0. The Morgan fingerprint density at radius 3 is 2.00 bits per heavy atom. The van der Waals surface area contributed by atoms with Crippen molar-refractivity contribution in [3.05, 3.63) is 52.6 Å². The van der Waals surface area contributed by atoms with Gasteiger partial charge in [-0.05, 0) is 36.8 Å². The molecule has 0 aromatic heterocycles. The number of aryl methyl sites for hydroxylation is 1. The zero-order chi connectivity index (χ0) is 15.7. The van der Waals surface area contributed by atoms with Gasteiger partial charge < -0.3 is 20.4 Å². The van der Waals surface area contributed by atoms with Gasteiger partial charge in [-0.3, -0.25) is 4.79 Å². The number of phenolic OH excluding ortho intramolecular Hbond substituents is 3. The number of carboxylic acids is 1. The summed E-state index contributed by atoms with van der Waals surface area (Å²) in [5, 5.41) is 38.5. The maximum atomic E-state index is 12.4. The Balaban J connectivity index is 2.69. The lowest BCUT2D eigenvalue weighted by Gasteiger charge is -2.11. The molecule has 0 amide bonds. The molecule has 21 heavy (non-hydrogen) atoms. The Kier molecular flexibility index (Phi) is 3.54. The third-order valence-corrected chi connectivity index (χ3v) is 2.97. The van der Waals surface area contributed by atoms with Gasteiger partial charge in [-0.1, -0.05) is 6.07 Å². The van der Waals surface area contributed by atoms with Crippen molar-refractivity contribution in [3.63, 3.8) is 0 Å². The van der Waals surface area contributed by atoms with Crippen LogP contribution in [0.5, 0.6) is 17.2 Å². The molecule has 0 aliphatic carbocycles. The summed E-state index contributed by atoms with van der Waals surface area (Å²) in [4.78, 5) is 23.5. The van der Waals surface area contributed by atoms with E-state index in [4.69, 9.17) is 5.11 Å². The van der Waals surface area contributed by atoms with Gasteiger partial charge in [0.1, 0.15) is 22.8 Å². The quantitative estimate of drug-likeness (QED) is 0.642. The van der Waals surface area contributed by atoms with E-state index < -0.39 is 45.7 Å². The van der Waals surface area contributed by atoms with Crippen LogP contribution in [0.2, 0.25) is 0 Å². The van der Waals surface area contributed by atoms with Crippen molar-refractivity contribution < 1.29 is 30.0 Å². The summed E-state index contributed by atoms with van der Waals surface area (Å²) in [5.41, 5.74) is -0.833. The summed E-state index contributed by atoms with van der Waals surface area (Å²) in [6.45, 7) is 1.61. The van der Waals surface area contributed by atoms with Gasteiger partial charge in [0.25, 0.3) is 0 Å². The van der Waals surface area contributed by atoms with E-state index in [0.717, 1.165) is 12.1 Å². The number of benzene rings is 2. The van der Waals surface area contributed by atoms with E-state index in [1.807, 2.05) is 0 Å². The lowest BCUT2D eigenvalue weighted by Crippen LogP contribution is -2.10. The Morgan fingerprint density at radius 2 is 1.48 bits per heavy atom. The van der Waals surface area contributed by atoms with Gasteiger partial charge in [0.2, 0.25) is 5.78 Å². The normalized spacial score (nSPS) is 10.3. The number of rotatable bonds is 3. The van der Waals surface area contributed by atoms with E-state index in [1.165, 1.54) is 18.2 Å². The average molecular weight is 288 g/mol. The number of phenols is 3. The molecule has 2 aromatic rings. The SMILES string of the molecule is Cc1cc(O)c(C(=O)c2c(O)cccc2C(=O)O)c(O)c1. The van der Waals surface area contributed by atoms with Crippen molar-refractivity contribution in [2.24, 2.45) is 0 Å². The Labute approximate surface area is 119 Å². The third kappa shape index (κ3) is 2.51. The lowest BCUT2D eigenvalue weighted by molar-refractivity contribution is 0.0692. The molecule has 0 saturated carbocycles. The molecule has 0 saturated heterocycles. The molecule has 0 spiro atoms. The van der Waals surface area contributed by atoms with Crippen LogP contribution in [-0.2, 0) is 0 Å². The topological polar surface area (TPSA) is 115 Å². The van der Waals surface area contributed by atoms with E-state index in [0.29, 0.717) is 5.56 Å². The van der Waals surface area contributed by atoms with E-state index in [-0.39, 0.29) is 0 Å². The van der Waals surface area contributed by atoms with E-state index >= 15 is 0 Å². The first-order valence-corrected chi connectivity index (χ1v) is 5.95. The monoisotopic (exact) mass is 288 g/mol. The fraction of sp³-hybridized carbons (Fsp3) is 0.0667. The van der Waals surface area contributed by atoms with Crippen LogP contribution in [0, 0.1) is 6.92 Å². The van der Waals surface area contributed by atoms with Gasteiger partial charge in [-0.15, -0.1) is 0 Å². The molecule has 0 unspecified atom stereocenters. The Hall–Kier alpha value is -3.02. The highest BCUT2D eigenvalue weighted by atomic mass is 16.4. The molecule has 2 rings (SSSR count). The van der Waals surface area contributed by atoms with Gasteiger partial charge in [-0.2, -0.15) is 0 Å². The number of carbonyl (C=O) groups is 2. The van der Waals surface area contributed by atoms with Crippen molar-refractivity contribution in [1.29, 1.82) is 0 Å². The van der Waals surface area contributed by atoms with Crippen LogP contribution in [0.15, 0.2) is 30.3 Å². The Morgan fingerprint density at radius 1 is 0.905 bits per heavy atom. The van der Waals surface area contributed by atoms with Crippen LogP contribution in [0.1, 0.15) is 31.8 Å². The lowest BCUT2D eigenvalue weighted by atomic mass is 9.95. The summed E-state index contributed by atoms with van der Waals surface area (Å²) in [5.74, 6) is -3.89. The highest BCUT2D eigenvalue weighted by Crippen LogP contribution is 2.34. The first-order valence-electron chi connectivity index (χ1n) is 5.95. The minimum Gasteiger partial charge on any atom is -0.507 e. The second kappa shape index (κ2) is 5.16. The third-order valence-electron chi connectivity index (χ3n) is 2.97. The zero-order valence-corrected chi connectivity index (χ0v) is 11.0. The smallest absolute Gasteiger partial charge is 0.336 e. The largest absolute Gasteiger partial charge is 0.507 e. The second-order valence-corrected chi connectivity index (χ2v) is 4.51. The van der Waals surface area contributed by atoms with Crippen molar-refractivity contribution in [1.82, 2.24) is 0 Å². The molecule has 0 atom stereocenters. The van der Waals surface area contributed by atoms with Gasteiger partial charge >= 0.3 is 5.97 Å². The maximum Gasteiger partial charge on any atom is 0.336 e. The number of hydrogen-bond acceptors (Lipinski definition) is 5. The van der Waals surface area contributed by atoms with Crippen LogP contribution >= 0.6 is 0 Å². The van der Waals surface area contributed by atoms with Gasteiger partial charge in [-0.25, -0.2) is 4.79 Å². The minimum absolute atomic E-state index is 0.417. The van der Waals surface area contributed by atoms with Crippen molar-refractivity contribution in [2.45, 2.75) is 6.92 Å². The predicted octanol–water partition coefficient (Wildman–Crippen LogP) is 2.04. The van der Waals surface area contributed by atoms with Crippen LogP contribution in [0.25, 0.3) is 0 Å². The maximum absolute atomic E-state index is 12.4. The molecule has 0 fully saturated rings. The van der Waals surface area contributed by atoms with Crippen LogP contribution in [0.3, 0.4) is 0 Å². The molecular formula is C15H12O6. The molecule has 0 heterocycles. The molecular weight excluding hydrogens is 276 g/mol. The first-order chi connectivity index (χ1) is 9.82. The van der Waals surface area contributed by atoms with E-state index in [9.17, 15) is 24.9 Å². The van der Waals surface area contributed by atoms with Gasteiger partial charge in [0.15, 0.2) is 0 Å². The highest BCUT2D eigenvalue weighted by molar-refractivity contribution is 6.18. The minimum atomic E-state index is -1.40. The first kappa shape index (κ1) is 14.4. The molecule has 0 aliphatic rings. The molecule has 2 aromatic carbocycles. The molecule has 108 valence electrons.